The van der Waals surface area contributed by atoms with Gasteiger partial charge in [0.1, 0.15) is 16.3 Å². The Morgan fingerprint density at radius 3 is 1.74 bits per heavy atom. The van der Waals surface area contributed by atoms with Gasteiger partial charge in [-0.1, -0.05) is 0 Å². The average molecular weight is 409 g/mol. The van der Waals surface area contributed by atoms with Gasteiger partial charge in [0, 0.05) is 10.9 Å². The number of thiazole rings is 1. The zero-order valence-electron chi connectivity index (χ0n) is 12.5. The molecular formula is C16H3F8NOS. The first kappa shape index (κ1) is 19.0. The first-order valence-corrected chi connectivity index (χ1v) is 7.68. The van der Waals surface area contributed by atoms with Crippen LogP contribution < -0.4 is 0 Å². The lowest BCUT2D eigenvalue weighted by molar-refractivity contribution is 0.102. The predicted octanol–water partition coefficient (Wildman–Crippen LogP) is 5.15. The molecule has 2 aromatic carbocycles. The van der Waals surface area contributed by atoms with Crippen LogP contribution in [0.1, 0.15) is 16.1 Å². The second-order valence-electron chi connectivity index (χ2n) is 5.07. The maximum Gasteiger partial charge on any atom is 0.218 e. The lowest BCUT2D eigenvalue weighted by Gasteiger charge is -2.06. The van der Waals surface area contributed by atoms with Gasteiger partial charge in [-0.05, 0) is 12.1 Å². The van der Waals surface area contributed by atoms with Gasteiger partial charge in [0.2, 0.25) is 11.6 Å². The van der Waals surface area contributed by atoms with Gasteiger partial charge in [0.05, 0.1) is 0 Å². The van der Waals surface area contributed by atoms with Crippen molar-refractivity contribution in [1.29, 1.82) is 0 Å². The quantitative estimate of drug-likeness (QED) is 0.259. The highest BCUT2D eigenvalue weighted by Crippen LogP contribution is 2.29. The summed E-state index contributed by atoms with van der Waals surface area (Å²) >= 11 is 0.578. The molecule has 1 heterocycles. The Labute approximate surface area is 148 Å². The Balaban J connectivity index is 2.07. The van der Waals surface area contributed by atoms with Gasteiger partial charge in [-0.3, -0.25) is 4.79 Å². The summed E-state index contributed by atoms with van der Waals surface area (Å²) in [6.45, 7) is 0. The van der Waals surface area contributed by atoms with E-state index in [1.165, 1.54) is 0 Å². The largest absolute Gasteiger partial charge is 0.287 e. The zero-order chi connectivity index (χ0) is 20.0. The first-order valence-electron chi connectivity index (χ1n) is 6.80. The number of benzene rings is 2. The Morgan fingerprint density at radius 2 is 1.22 bits per heavy atom. The zero-order valence-corrected chi connectivity index (χ0v) is 13.3. The highest BCUT2D eigenvalue weighted by Gasteiger charge is 2.31. The fraction of sp³-hybridized carbons (Fsp3) is 0. The lowest BCUT2D eigenvalue weighted by Crippen LogP contribution is -2.14. The molecule has 11 heteroatoms. The van der Waals surface area contributed by atoms with Crippen molar-refractivity contribution in [3.63, 3.8) is 0 Å². The van der Waals surface area contributed by atoms with Gasteiger partial charge in [-0.25, -0.2) is 40.1 Å². The predicted molar refractivity (Wildman–Crippen MR) is 77.1 cm³/mol. The average Bonchev–Trinajstić information content (AvgIpc) is 3.12. The smallest absolute Gasteiger partial charge is 0.218 e. The van der Waals surface area contributed by atoms with Crippen molar-refractivity contribution in [1.82, 2.24) is 4.98 Å². The number of ketones is 1. The van der Waals surface area contributed by atoms with E-state index in [1.54, 1.807) is 0 Å². The van der Waals surface area contributed by atoms with E-state index in [2.05, 4.69) is 4.98 Å². The molecule has 0 fully saturated rings. The van der Waals surface area contributed by atoms with E-state index >= 15 is 0 Å². The van der Waals surface area contributed by atoms with E-state index in [1.807, 2.05) is 0 Å². The van der Waals surface area contributed by atoms with E-state index < -0.39 is 63.6 Å². The molecule has 0 bridgehead atoms. The summed E-state index contributed by atoms with van der Waals surface area (Å²) < 4.78 is 106. The lowest BCUT2D eigenvalue weighted by atomic mass is 10.1. The minimum Gasteiger partial charge on any atom is -0.287 e. The summed E-state index contributed by atoms with van der Waals surface area (Å²) in [4.78, 5) is 15.7. The van der Waals surface area contributed by atoms with Crippen LogP contribution in [0.15, 0.2) is 17.5 Å². The maximum atomic E-state index is 13.7. The third-order valence-corrected chi connectivity index (χ3v) is 4.30. The summed E-state index contributed by atoms with van der Waals surface area (Å²) in [7, 11) is 0. The molecule has 0 saturated heterocycles. The van der Waals surface area contributed by atoms with E-state index in [9.17, 15) is 39.9 Å². The third kappa shape index (κ3) is 3.07. The molecule has 3 aromatic rings. The monoisotopic (exact) mass is 409 g/mol. The number of hydrogen-bond acceptors (Lipinski definition) is 3. The molecule has 0 unspecified atom stereocenters. The van der Waals surface area contributed by atoms with Crippen LogP contribution in [0, 0.1) is 46.5 Å². The normalized spacial score (nSPS) is 11.1. The fourth-order valence-corrected chi connectivity index (χ4v) is 2.91. The molecular weight excluding hydrogens is 406 g/mol. The highest BCUT2D eigenvalue weighted by atomic mass is 32.1. The standard InChI is InChI=1S/C16H3F8NOS/c17-5-1-4(2-6(18)9(5)19)16-25-7(3-27-16)15(26)8-10(20)12(22)14(24)13(23)11(8)21/h1-3H. The van der Waals surface area contributed by atoms with Gasteiger partial charge < -0.3 is 0 Å². The van der Waals surface area contributed by atoms with Gasteiger partial charge in [0.15, 0.2) is 40.7 Å². The van der Waals surface area contributed by atoms with Crippen molar-refractivity contribution in [2.75, 3.05) is 0 Å². The first-order chi connectivity index (χ1) is 12.6. The molecule has 1 aromatic heterocycles. The number of hydrogen-bond donors (Lipinski definition) is 0. The molecule has 0 atom stereocenters. The van der Waals surface area contributed by atoms with Crippen molar-refractivity contribution in [3.05, 3.63) is 75.3 Å². The van der Waals surface area contributed by atoms with Crippen molar-refractivity contribution in [3.8, 4) is 10.6 Å². The second-order valence-corrected chi connectivity index (χ2v) is 5.92. The van der Waals surface area contributed by atoms with Gasteiger partial charge in [-0.2, -0.15) is 0 Å². The van der Waals surface area contributed by atoms with Crippen LogP contribution >= 0.6 is 11.3 Å². The topological polar surface area (TPSA) is 30.0 Å². The van der Waals surface area contributed by atoms with Crippen molar-refractivity contribution >= 4 is 17.1 Å². The van der Waals surface area contributed by atoms with Crippen LogP contribution in [0.4, 0.5) is 35.1 Å². The molecule has 0 aliphatic rings. The summed E-state index contributed by atoms with van der Waals surface area (Å²) in [5.74, 6) is -18.2. The van der Waals surface area contributed by atoms with E-state index in [0.717, 1.165) is 5.38 Å². The number of halogens is 8. The molecule has 0 aliphatic heterocycles. The van der Waals surface area contributed by atoms with Crippen molar-refractivity contribution < 1.29 is 39.9 Å². The van der Waals surface area contributed by atoms with Gasteiger partial charge in [0.25, 0.3) is 0 Å². The molecule has 140 valence electrons. The van der Waals surface area contributed by atoms with Crippen LogP contribution in [0.5, 0.6) is 0 Å². The SMILES string of the molecule is O=C(c1csc(-c2cc(F)c(F)c(F)c2)n1)c1c(F)c(F)c(F)c(F)c1F. The van der Waals surface area contributed by atoms with E-state index in [-0.39, 0.29) is 10.6 Å². The second kappa shape index (κ2) is 6.72. The molecule has 0 amide bonds. The summed E-state index contributed by atoms with van der Waals surface area (Å²) in [6.07, 6.45) is 0. The maximum absolute atomic E-state index is 13.7. The van der Waals surface area contributed by atoms with Crippen LogP contribution in [0.3, 0.4) is 0 Å². The summed E-state index contributed by atoms with van der Waals surface area (Å²) in [6, 6.07) is 1.12. The van der Waals surface area contributed by atoms with Crippen LogP contribution in [0.2, 0.25) is 0 Å². The highest BCUT2D eigenvalue weighted by molar-refractivity contribution is 7.13. The molecule has 0 spiro atoms. The fourth-order valence-electron chi connectivity index (χ4n) is 2.12. The van der Waals surface area contributed by atoms with Crippen LogP contribution in [-0.4, -0.2) is 10.8 Å². The van der Waals surface area contributed by atoms with Crippen LogP contribution in [-0.2, 0) is 0 Å². The van der Waals surface area contributed by atoms with Gasteiger partial charge >= 0.3 is 0 Å². The van der Waals surface area contributed by atoms with Crippen LogP contribution in [0.25, 0.3) is 10.6 Å². The molecule has 27 heavy (non-hydrogen) atoms. The molecule has 0 N–H and O–H groups in total. The minimum atomic E-state index is -2.43. The van der Waals surface area contributed by atoms with Crippen molar-refractivity contribution in [2.45, 2.75) is 0 Å². The van der Waals surface area contributed by atoms with E-state index in [0.29, 0.717) is 23.5 Å². The van der Waals surface area contributed by atoms with Gasteiger partial charge in [-0.15, -0.1) is 11.3 Å². The molecule has 0 aliphatic carbocycles. The molecule has 2 nitrogen and oxygen atoms in total. The summed E-state index contributed by atoms with van der Waals surface area (Å²) in [5, 5.41) is 0.634. The molecule has 0 radical (unpaired) electrons. The third-order valence-electron chi connectivity index (χ3n) is 3.40. The number of carbonyl (C=O) groups excluding carboxylic acids is 1. The molecule has 3 rings (SSSR count). The number of rotatable bonds is 3. The minimum absolute atomic E-state index is 0.250. The number of carbonyl (C=O) groups is 1. The Morgan fingerprint density at radius 1 is 0.741 bits per heavy atom. The Kier molecular flexibility index (Phi) is 4.72. The van der Waals surface area contributed by atoms with E-state index in [4.69, 9.17) is 0 Å². The summed E-state index contributed by atoms with van der Waals surface area (Å²) in [5.41, 5.74) is -2.75. The number of aromatic nitrogens is 1. The Bertz CT molecular complexity index is 1040. The Hall–Kier alpha value is -2.82. The molecule has 0 saturated carbocycles. The number of nitrogens with zero attached hydrogens (tertiary/aromatic N) is 1. The van der Waals surface area contributed by atoms with Crippen molar-refractivity contribution in [2.24, 2.45) is 0 Å².